The number of para-hydroxylation sites is 1. The van der Waals surface area contributed by atoms with Gasteiger partial charge in [0.1, 0.15) is 17.1 Å². The van der Waals surface area contributed by atoms with Gasteiger partial charge < -0.3 is 14.4 Å². The van der Waals surface area contributed by atoms with Crippen LogP contribution >= 0.6 is 12.2 Å². The molecule has 188 valence electrons. The smallest absolute Gasteiger partial charge is 0.415 e. The quantitative estimate of drug-likeness (QED) is 0.279. The van der Waals surface area contributed by atoms with Gasteiger partial charge in [-0.2, -0.15) is 0 Å². The van der Waals surface area contributed by atoms with Gasteiger partial charge in [-0.1, -0.05) is 18.2 Å². The van der Waals surface area contributed by atoms with Gasteiger partial charge in [0, 0.05) is 24.8 Å². The summed E-state index contributed by atoms with van der Waals surface area (Å²) >= 11 is 5.29. The summed E-state index contributed by atoms with van der Waals surface area (Å²) in [4.78, 5) is 45.3. The van der Waals surface area contributed by atoms with Gasteiger partial charge in [0.15, 0.2) is 10.9 Å². The molecule has 0 radical (unpaired) electrons. The van der Waals surface area contributed by atoms with Crippen LogP contribution in [0.25, 0.3) is 6.08 Å². The zero-order chi connectivity index (χ0) is 26.4. The molecular formula is C27H24N4O5S. The molecule has 1 aromatic heterocycles. The molecule has 0 aliphatic carbocycles. The molecule has 37 heavy (non-hydrogen) atoms. The summed E-state index contributed by atoms with van der Waals surface area (Å²) in [7, 11) is 0. The van der Waals surface area contributed by atoms with Crippen LogP contribution in [0.3, 0.4) is 0 Å². The van der Waals surface area contributed by atoms with E-state index in [1.807, 2.05) is 44.2 Å². The summed E-state index contributed by atoms with van der Waals surface area (Å²) in [5.74, 6) is 0.0831. The number of pyridine rings is 1. The number of nitrogens with zero attached hydrogens (tertiary/aromatic N) is 3. The molecule has 2 aromatic carbocycles. The van der Waals surface area contributed by atoms with Crippen LogP contribution in [0.15, 0.2) is 78.6 Å². The van der Waals surface area contributed by atoms with E-state index in [9.17, 15) is 14.4 Å². The maximum atomic E-state index is 13.4. The van der Waals surface area contributed by atoms with Gasteiger partial charge >= 0.3 is 6.09 Å². The van der Waals surface area contributed by atoms with E-state index in [1.165, 1.54) is 28.3 Å². The summed E-state index contributed by atoms with van der Waals surface area (Å²) in [6, 6.07) is 17.6. The Balaban J connectivity index is 1.59. The SMILES string of the molecule is CCN(CC)C(=O)Oc1cnccc1/C=C1\C(=O)NC(=S)N(c2ccc(Oc3ccccc3)cc2)C1=O. The Labute approximate surface area is 219 Å². The molecule has 0 atom stereocenters. The Hall–Kier alpha value is -4.57. The Morgan fingerprint density at radius 3 is 2.38 bits per heavy atom. The number of hydrogen-bond acceptors (Lipinski definition) is 7. The second-order valence-electron chi connectivity index (χ2n) is 7.82. The van der Waals surface area contributed by atoms with Crippen molar-refractivity contribution in [2.75, 3.05) is 18.0 Å². The predicted octanol–water partition coefficient (Wildman–Crippen LogP) is 4.55. The molecule has 1 aliphatic heterocycles. The third-order valence-corrected chi connectivity index (χ3v) is 5.80. The number of carbonyl (C=O) groups excluding carboxylic acids is 3. The van der Waals surface area contributed by atoms with Crippen molar-refractivity contribution in [3.8, 4) is 17.2 Å². The van der Waals surface area contributed by atoms with Crippen LogP contribution in [-0.4, -0.2) is 46.0 Å². The summed E-state index contributed by atoms with van der Waals surface area (Å²) < 4.78 is 11.3. The number of aromatic nitrogens is 1. The molecule has 1 fully saturated rings. The highest BCUT2D eigenvalue weighted by molar-refractivity contribution is 7.80. The molecule has 1 saturated heterocycles. The highest BCUT2D eigenvalue weighted by Gasteiger charge is 2.34. The zero-order valence-electron chi connectivity index (χ0n) is 20.2. The Morgan fingerprint density at radius 2 is 1.70 bits per heavy atom. The summed E-state index contributed by atoms with van der Waals surface area (Å²) in [5, 5.41) is 2.50. The lowest BCUT2D eigenvalue weighted by atomic mass is 10.1. The fraction of sp³-hybridized carbons (Fsp3) is 0.148. The third kappa shape index (κ3) is 5.81. The lowest BCUT2D eigenvalue weighted by Crippen LogP contribution is -2.54. The predicted molar refractivity (Wildman–Crippen MR) is 142 cm³/mol. The molecule has 0 bridgehead atoms. The first-order chi connectivity index (χ1) is 17.9. The van der Waals surface area contributed by atoms with Crippen LogP contribution in [0.4, 0.5) is 10.5 Å². The number of nitrogens with one attached hydrogen (secondary N) is 1. The molecule has 0 spiro atoms. The number of rotatable bonds is 7. The van der Waals surface area contributed by atoms with E-state index >= 15 is 0 Å². The minimum absolute atomic E-state index is 0.0493. The van der Waals surface area contributed by atoms with E-state index < -0.39 is 17.9 Å². The van der Waals surface area contributed by atoms with Gasteiger partial charge in [-0.05, 0) is 74.6 Å². The number of hydrogen-bond donors (Lipinski definition) is 1. The lowest BCUT2D eigenvalue weighted by molar-refractivity contribution is -0.122. The standard InChI is InChI=1S/C27H24N4O5S/c1-3-30(4-2)27(34)36-23-17-28-15-14-18(23)16-22-24(32)29-26(37)31(25(22)33)19-10-12-21(13-11-19)35-20-8-6-5-7-9-20/h5-17H,3-4H2,1-2H3,(H,29,32,37)/b22-16+. The molecule has 2 heterocycles. The lowest BCUT2D eigenvalue weighted by Gasteiger charge is -2.29. The normalized spacial score (nSPS) is 14.4. The Bertz CT molecular complexity index is 1350. The monoisotopic (exact) mass is 516 g/mol. The first-order valence-electron chi connectivity index (χ1n) is 11.6. The van der Waals surface area contributed by atoms with E-state index in [2.05, 4.69) is 10.3 Å². The molecular weight excluding hydrogens is 492 g/mol. The first kappa shape index (κ1) is 25.5. The largest absolute Gasteiger partial charge is 0.457 e. The second-order valence-corrected chi connectivity index (χ2v) is 8.21. The molecule has 0 unspecified atom stereocenters. The van der Waals surface area contributed by atoms with Crippen molar-refractivity contribution in [3.63, 3.8) is 0 Å². The van der Waals surface area contributed by atoms with Gasteiger partial charge in [0.05, 0.1) is 11.9 Å². The number of carbonyl (C=O) groups is 3. The van der Waals surface area contributed by atoms with Gasteiger partial charge in [-0.3, -0.25) is 24.8 Å². The Morgan fingerprint density at radius 1 is 1.03 bits per heavy atom. The van der Waals surface area contributed by atoms with Crippen molar-refractivity contribution < 1.29 is 23.9 Å². The van der Waals surface area contributed by atoms with E-state index in [4.69, 9.17) is 21.7 Å². The van der Waals surface area contributed by atoms with E-state index in [0.29, 0.717) is 35.8 Å². The fourth-order valence-electron chi connectivity index (χ4n) is 3.57. The number of amides is 3. The van der Waals surface area contributed by atoms with Crippen molar-refractivity contribution in [2.45, 2.75) is 13.8 Å². The number of benzene rings is 2. The summed E-state index contributed by atoms with van der Waals surface area (Å²) in [6.07, 6.45) is 3.62. The van der Waals surface area contributed by atoms with Crippen molar-refractivity contribution in [1.82, 2.24) is 15.2 Å². The highest BCUT2D eigenvalue weighted by atomic mass is 32.1. The highest BCUT2D eigenvalue weighted by Crippen LogP contribution is 2.28. The summed E-state index contributed by atoms with van der Waals surface area (Å²) in [6.45, 7) is 4.60. The minimum Gasteiger partial charge on any atom is -0.457 e. The average molecular weight is 517 g/mol. The molecule has 4 rings (SSSR count). The molecule has 0 saturated carbocycles. The van der Waals surface area contributed by atoms with Crippen LogP contribution in [0.1, 0.15) is 19.4 Å². The van der Waals surface area contributed by atoms with Crippen LogP contribution in [-0.2, 0) is 9.59 Å². The average Bonchev–Trinajstić information content (AvgIpc) is 2.89. The third-order valence-electron chi connectivity index (χ3n) is 5.51. The number of anilines is 1. The maximum Gasteiger partial charge on any atom is 0.415 e. The molecule has 9 nitrogen and oxygen atoms in total. The minimum atomic E-state index is -0.659. The van der Waals surface area contributed by atoms with Crippen molar-refractivity contribution in [3.05, 3.63) is 84.2 Å². The van der Waals surface area contributed by atoms with Gasteiger partial charge in [0.2, 0.25) is 0 Å². The van der Waals surface area contributed by atoms with Crippen LogP contribution in [0.2, 0.25) is 0 Å². The number of ether oxygens (including phenoxy) is 2. The maximum absolute atomic E-state index is 13.4. The van der Waals surface area contributed by atoms with E-state index in [1.54, 1.807) is 30.3 Å². The van der Waals surface area contributed by atoms with Crippen LogP contribution in [0, 0.1) is 0 Å². The molecule has 1 aliphatic rings. The van der Waals surface area contributed by atoms with Gasteiger partial charge in [0.25, 0.3) is 11.8 Å². The second kappa shape index (κ2) is 11.4. The van der Waals surface area contributed by atoms with Crippen molar-refractivity contribution in [1.29, 1.82) is 0 Å². The van der Waals surface area contributed by atoms with Gasteiger partial charge in [-0.15, -0.1) is 0 Å². The van der Waals surface area contributed by atoms with E-state index in [0.717, 1.165) is 0 Å². The van der Waals surface area contributed by atoms with Crippen molar-refractivity contribution in [2.24, 2.45) is 0 Å². The number of thiocarbonyl (C=S) groups is 1. The fourth-order valence-corrected chi connectivity index (χ4v) is 3.85. The van der Waals surface area contributed by atoms with Crippen LogP contribution in [0.5, 0.6) is 17.2 Å². The first-order valence-corrected chi connectivity index (χ1v) is 12.0. The van der Waals surface area contributed by atoms with E-state index in [-0.39, 0.29) is 16.4 Å². The van der Waals surface area contributed by atoms with Gasteiger partial charge in [-0.25, -0.2) is 4.79 Å². The summed E-state index contributed by atoms with van der Waals surface area (Å²) in [5.41, 5.74) is 0.613. The molecule has 1 N–H and O–H groups in total. The Kier molecular flexibility index (Phi) is 7.89. The van der Waals surface area contributed by atoms with Crippen LogP contribution < -0.4 is 19.7 Å². The topological polar surface area (TPSA) is 101 Å². The van der Waals surface area contributed by atoms with Crippen molar-refractivity contribution >= 4 is 47.0 Å². The molecule has 10 heteroatoms. The molecule has 3 amide bonds. The zero-order valence-corrected chi connectivity index (χ0v) is 21.0. The molecule has 3 aromatic rings.